The summed E-state index contributed by atoms with van der Waals surface area (Å²) in [7, 11) is 0. The van der Waals surface area contributed by atoms with Gasteiger partial charge in [-0.25, -0.2) is 0 Å². The standard InChI is InChI=1S/C31H52O/c1-3-5-8-13-27-16-18-30(19-17-27)32-26-12-23-31(22-11-6-4-2)24-20-29(21-25-31)28-14-9-7-10-15-28/h16-19,28-29H,3-15,20-26H2,1-2H3. The molecule has 0 saturated heterocycles. The molecular weight excluding hydrogens is 388 g/mol. The average Bonchev–Trinajstić information content (AvgIpc) is 2.84. The van der Waals surface area contributed by atoms with Gasteiger partial charge in [0, 0.05) is 0 Å². The minimum absolute atomic E-state index is 0.618. The largest absolute Gasteiger partial charge is 0.494 e. The van der Waals surface area contributed by atoms with Crippen LogP contribution in [0.3, 0.4) is 0 Å². The molecule has 1 aromatic carbocycles. The molecule has 2 fully saturated rings. The van der Waals surface area contributed by atoms with Crippen molar-refractivity contribution in [1.82, 2.24) is 0 Å². The predicted molar refractivity (Wildman–Crippen MR) is 140 cm³/mol. The van der Waals surface area contributed by atoms with Crippen LogP contribution in [0.25, 0.3) is 0 Å². The van der Waals surface area contributed by atoms with Crippen LogP contribution >= 0.6 is 0 Å². The first-order chi connectivity index (χ1) is 15.7. The summed E-state index contributed by atoms with van der Waals surface area (Å²) in [4.78, 5) is 0. The minimum atomic E-state index is 0.618. The van der Waals surface area contributed by atoms with E-state index in [2.05, 4.69) is 38.1 Å². The van der Waals surface area contributed by atoms with E-state index in [0.29, 0.717) is 5.41 Å². The number of rotatable bonds is 14. The van der Waals surface area contributed by atoms with Crippen molar-refractivity contribution in [3.05, 3.63) is 29.8 Å². The van der Waals surface area contributed by atoms with Gasteiger partial charge < -0.3 is 4.74 Å². The van der Waals surface area contributed by atoms with E-state index < -0.39 is 0 Å². The Kier molecular flexibility index (Phi) is 11.5. The monoisotopic (exact) mass is 440 g/mol. The summed E-state index contributed by atoms with van der Waals surface area (Å²) in [5.74, 6) is 3.16. The van der Waals surface area contributed by atoms with E-state index in [1.54, 1.807) is 0 Å². The van der Waals surface area contributed by atoms with E-state index in [1.165, 1.54) is 128 Å². The molecule has 0 heterocycles. The van der Waals surface area contributed by atoms with Crippen molar-refractivity contribution in [3.63, 3.8) is 0 Å². The number of hydrogen-bond donors (Lipinski definition) is 0. The molecule has 0 radical (unpaired) electrons. The zero-order valence-corrected chi connectivity index (χ0v) is 21.5. The Hall–Kier alpha value is -0.980. The van der Waals surface area contributed by atoms with Gasteiger partial charge in [0.05, 0.1) is 6.61 Å². The van der Waals surface area contributed by atoms with Gasteiger partial charge in [0.25, 0.3) is 0 Å². The molecule has 0 aliphatic heterocycles. The lowest BCUT2D eigenvalue weighted by Crippen LogP contribution is -2.31. The highest BCUT2D eigenvalue weighted by molar-refractivity contribution is 5.27. The van der Waals surface area contributed by atoms with Gasteiger partial charge in [-0.15, -0.1) is 0 Å². The molecule has 2 aliphatic rings. The smallest absolute Gasteiger partial charge is 0.119 e. The molecule has 2 aliphatic carbocycles. The maximum atomic E-state index is 6.16. The van der Waals surface area contributed by atoms with Crippen LogP contribution in [0.15, 0.2) is 24.3 Å². The lowest BCUT2D eigenvalue weighted by Gasteiger charge is -2.43. The maximum Gasteiger partial charge on any atom is 0.119 e. The Morgan fingerprint density at radius 3 is 2.03 bits per heavy atom. The first-order valence-corrected chi connectivity index (χ1v) is 14.5. The average molecular weight is 441 g/mol. The molecule has 32 heavy (non-hydrogen) atoms. The second-order valence-electron chi connectivity index (χ2n) is 11.2. The predicted octanol–water partition coefficient (Wildman–Crippen LogP) is 9.92. The number of ether oxygens (including phenoxy) is 1. The van der Waals surface area contributed by atoms with Crippen LogP contribution in [0.1, 0.15) is 135 Å². The first-order valence-electron chi connectivity index (χ1n) is 14.5. The lowest BCUT2D eigenvalue weighted by atomic mass is 9.62. The Morgan fingerprint density at radius 2 is 1.34 bits per heavy atom. The fraction of sp³-hybridized carbons (Fsp3) is 0.806. The lowest BCUT2D eigenvalue weighted by molar-refractivity contribution is 0.0777. The van der Waals surface area contributed by atoms with Crippen molar-refractivity contribution >= 4 is 0 Å². The van der Waals surface area contributed by atoms with E-state index in [1.807, 2.05) is 0 Å². The second-order valence-corrected chi connectivity index (χ2v) is 11.2. The van der Waals surface area contributed by atoms with Crippen molar-refractivity contribution in [2.45, 2.75) is 136 Å². The minimum Gasteiger partial charge on any atom is -0.494 e. The van der Waals surface area contributed by atoms with Gasteiger partial charge in [-0.1, -0.05) is 90.2 Å². The van der Waals surface area contributed by atoms with Crippen LogP contribution in [-0.2, 0) is 6.42 Å². The van der Waals surface area contributed by atoms with Crippen LogP contribution in [-0.4, -0.2) is 6.61 Å². The van der Waals surface area contributed by atoms with Gasteiger partial charge in [0.2, 0.25) is 0 Å². The third-order valence-corrected chi connectivity index (χ3v) is 8.83. The Labute approximate surface area is 200 Å². The maximum absolute atomic E-state index is 6.16. The van der Waals surface area contributed by atoms with E-state index >= 15 is 0 Å². The number of unbranched alkanes of at least 4 members (excludes halogenated alkanes) is 4. The van der Waals surface area contributed by atoms with Crippen molar-refractivity contribution in [1.29, 1.82) is 0 Å². The fourth-order valence-electron chi connectivity index (χ4n) is 6.67. The number of hydrogen-bond acceptors (Lipinski definition) is 1. The van der Waals surface area contributed by atoms with Crippen LogP contribution in [0.2, 0.25) is 0 Å². The molecule has 0 spiro atoms. The van der Waals surface area contributed by atoms with Crippen LogP contribution in [0, 0.1) is 17.3 Å². The summed E-state index contributed by atoms with van der Waals surface area (Å²) in [6, 6.07) is 8.91. The summed E-state index contributed by atoms with van der Waals surface area (Å²) in [5, 5.41) is 0. The van der Waals surface area contributed by atoms with Gasteiger partial charge in [0.15, 0.2) is 0 Å². The highest BCUT2D eigenvalue weighted by Crippen LogP contribution is 2.49. The summed E-state index contributed by atoms with van der Waals surface area (Å²) < 4.78 is 6.16. The highest BCUT2D eigenvalue weighted by Gasteiger charge is 2.37. The van der Waals surface area contributed by atoms with Crippen LogP contribution < -0.4 is 4.74 Å². The molecule has 0 unspecified atom stereocenters. The van der Waals surface area contributed by atoms with Crippen LogP contribution in [0.5, 0.6) is 5.75 Å². The van der Waals surface area contributed by atoms with Crippen molar-refractivity contribution in [2.24, 2.45) is 17.3 Å². The molecule has 1 heteroatoms. The summed E-state index contributed by atoms with van der Waals surface area (Å²) >= 11 is 0. The highest BCUT2D eigenvalue weighted by atomic mass is 16.5. The Balaban J connectivity index is 1.42. The SMILES string of the molecule is CCCCCc1ccc(OCCCC2(CCCCC)CCC(C3CCCCC3)CC2)cc1. The van der Waals surface area contributed by atoms with Gasteiger partial charge in [0.1, 0.15) is 5.75 Å². The van der Waals surface area contributed by atoms with Crippen molar-refractivity contribution in [3.8, 4) is 5.75 Å². The third kappa shape index (κ3) is 8.42. The summed E-state index contributed by atoms with van der Waals surface area (Å²) in [6.07, 6.45) is 26.9. The van der Waals surface area contributed by atoms with Crippen molar-refractivity contribution < 1.29 is 4.74 Å². The summed E-state index contributed by atoms with van der Waals surface area (Å²) in [5.41, 5.74) is 2.07. The summed E-state index contributed by atoms with van der Waals surface area (Å²) in [6.45, 7) is 5.50. The Bertz CT molecular complexity index is 589. The van der Waals surface area contributed by atoms with Gasteiger partial charge in [-0.05, 0) is 92.7 Å². The van der Waals surface area contributed by atoms with E-state index in [0.717, 1.165) is 24.2 Å². The zero-order valence-electron chi connectivity index (χ0n) is 21.5. The number of benzene rings is 1. The quantitative estimate of drug-likeness (QED) is 0.261. The number of aryl methyl sites for hydroxylation is 1. The zero-order chi connectivity index (χ0) is 22.5. The van der Waals surface area contributed by atoms with E-state index in [9.17, 15) is 0 Å². The normalized spacial score (nSPS) is 24.5. The van der Waals surface area contributed by atoms with Crippen LogP contribution in [0.4, 0.5) is 0 Å². The molecule has 2 saturated carbocycles. The fourth-order valence-corrected chi connectivity index (χ4v) is 6.67. The topological polar surface area (TPSA) is 9.23 Å². The molecule has 0 amide bonds. The van der Waals surface area contributed by atoms with Gasteiger partial charge in [-0.2, -0.15) is 0 Å². The van der Waals surface area contributed by atoms with E-state index in [4.69, 9.17) is 4.74 Å². The molecule has 1 nitrogen and oxygen atoms in total. The molecule has 3 rings (SSSR count). The third-order valence-electron chi connectivity index (χ3n) is 8.83. The van der Waals surface area contributed by atoms with Crippen molar-refractivity contribution in [2.75, 3.05) is 6.61 Å². The van der Waals surface area contributed by atoms with Gasteiger partial charge in [-0.3, -0.25) is 0 Å². The molecule has 0 atom stereocenters. The molecule has 0 bridgehead atoms. The molecule has 0 aromatic heterocycles. The Morgan fingerprint density at radius 1 is 0.719 bits per heavy atom. The second kappa shape index (κ2) is 14.3. The molecular formula is C31H52O. The molecule has 182 valence electrons. The molecule has 1 aromatic rings. The molecule has 0 N–H and O–H groups in total. The van der Waals surface area contributed by atoms with Gasteiger partial charge >= 0.3 is 0 Å². The van der Waals surface area contributed by atoms with E-state index in [-0.39, 0.29) is 0 Å². The first kappa shape index (κ1) is 25.6.